The van der Waals surface area contributed by atoms with Crippen LogP contribution in [0.25, 0.3) is 0 Å². The van der Waals surface area contributed by atoms with Crippen LogP contribution in [0.4, 0.5) is 0 Å². The minimum Gasteiger partial charge on any atom is -0.507 e. The predicted octanol–water partition coefficient (Wildman–Crippen LogP) is 6.30. The van der Waals surface area contributed by atoms with Crippen molar-refractivity contribution in [1.82, 2.24) is 4.90 Å². The zero-order valence-corrected chi connectivity index (χ0v) is 23.0. The molecule has 1 spiro atoms. The smallest absolute Gasteiger partial charge is 0.182 e. The minimum atomic E-state index is -0.338. The molecule has 1 saturated carbocycles. The highest BCUT2D eigenvalue weighted by Crippen LogP contribution is 2.58. The number of Topliss-reactive ketones (excluding diaryl/α,β-unsaturated/α-hetero) is 1. The number of ether oxygens (including phenoxy) is 2. The van der Waals surface area contributed by atoms with E-state index in [4.69, 9.17) is 14.9 Å². The van der Waals surface area contributed by atoms with E-state index in [0.717, 1.165) is 35.1 Å². The molecule has 2 aromatic carbocycles. The van der Waals surface area contributed by atoms with Crippen LogP contribution in [0.15, 0.2) is 24.3 Å². The zero-order valence-electron chi connectivity index (χ0n) is 23.0. The molecule has 1 heterocycles. The molecule has 0 amide bonds. The highest BCUT2D eigenvalue weighted by molar-refractivity contribution is 6.07. The maximum Gasteiger partial charge on any atom is 0.182 e. The van der Waals surface area contributed by atoms with Crippen molar-refractivity contribution < 1.29 is 19.4 Å². The summed E-state index contributed by atoms with van der Waals surface area (Å²) < 4.78 is 11.7. The second kappa shape index (κ2) is 8.82. The van der Waals surface area contributed by atoms with Gasteiger partial charge >= 0.3 is 0 Å². The molecule has 0 aromatic heterocycles. The van der Waals surface area contributed by atoms with Crippen molar-refractivity contribution >= 4 is 11.6 Å². The molecule has 1 fully saturated rings. The first-order valence-electron chi connectivity index (χ1n) is 13.0. The van der Waals surface area contributed by atoms with E-state index < -0.39 is 0 Å². The van der Waals surface area contributed by atoms with Gasteiger partial charge in [-0.05, 0) is 67.3 Å². The van der Waals surface area contributed by atoms with Crippen LogP contribution >= 0.6 is 0 Å². The first kappa shape index (κ1) is 26.1. The van der Waals surface area contributed by atoms with Crippen molar-refractivity contribution in [2.24, 2.45) is 0 Å². The lowest BCUT2D eigenvalue weighted by Gasteiger charge is -2.29. The Kier molecular flexibility index (Phi) is 6.39. The quantitative estimate of drug-likeness (QED) is 0.443. The summed E-state index contributed by atoms with van der Waals surface area (Å²) in [6.07, 6.45) is 1.79. The van der Waals surface area contributed by atoms with E-state index in [2.05, 4.69) is 0 Å². The number of phenolic OH excluding ortho intramolecular Hbond substituents is 1. The molecule has 2 N–H and O–H groups in total. The number of ketones is 1. The van der Waals surface area contributed by atoms with Gasteiger partial charge in [-0.15, -0.1) is 0 Å². The third-order valence-electron chi connectivity index (χ3n) is 7.30. The van der Waals surface area contributed by atoms with Gasteiger partial charge in [0.15, 0.2) is 17.3 Å². The van der Waals surface area contributed by atoms with Crippen molar-refractivity contribution in [3.05, 3.63) is 52.1 Å². The molecule has 0 saturated heterocycles. The first-order valence-corrected chi connectivity index (χ1v) is 13.0. The average molecular weight is 493 g/mol. The Hall–Kier alpha value is -3.02. The molecule has 4 rings (SSSR count). The van der Waals surface area contributed by atoms with E-state index in [-0.39, 0.29) is 34.4 Å². The van der Waals surface area contributed by atoms with Crippen LogP contribution in [-0.4, -0.2) is 41.4 Å². The maximum atomic E-state index is 13.8. The molecular formula is C30H40N2O4. The van der Waals surface area contributed by atoms with Gasteiger partial charge in [-0.1, -0.05) is 41.5 Å². The van der Waals surface area contributed by atoms with Crippen molar-refractivity contribution in [2.45, 2.75) is 84.6 Å². The lowest BCUT2D eigenvalue weighted by molar-refractivity contribution is 0.0943. The molecule has 2 aliphatic rings. The van der Waals surface area contributed by atoms with Crippen molar-refractivity contribution in [2.75, 3.05) is 19.8 Å². The number of aromatic hydroxyl groups is 1. The topological polar surface area (TPSA) is 82.8 Å². The molecule has 0 bridgehead atoms. The Morgan fingerprint density at radius 3 is 1.89 bits per heavy atom. The van der Waals surface area contributed by atoms with Crippen LogP contribution in [0.1, 0.15) is 101 Å². The summed E-state index contributed by atoms with van der Waals surface area (Å²) in [5.41, 5.74) is 2.98. The predicted molar refractivity (Wildman–Crippen MR) is 143 cm³/mol. The molecular weight excluding hydrogens is 452 g/mol. The number of rotatable bonds is 7. The highest BCUT2D eigenvalue weighted by Gasteiger charge is 2.57. The average Bonchev–Trinajstić information content (AvgIpc) is 3.54. The summed E-state index contributed by atoms with van der Waals surface area (Å²) in [7, 11) is 0. The summed E-state index contributed by atoms with van der Waals surface area (Å²) in [5.74, 6) is 1.89. The fraction of sp³-hybridized carbons (Fsp3) is 0.533. The van der Waals surface area contributed by atoms with Crippen LogP contribution < -0.4 is 9.47 Å². The normalized spacial score (nSPS) is 16.3. The molecule has 6 heteroatoms. The van der Waals surface area contributed by atoms with Gasteiger partial charge in [-0.3, -0.25) is 10.2 Å². The van der Waals surface area contributed by atoms with Crippen LogP contribution in [0.5, 0.6) is 17.2 Å². The molecule has 0 atom stereocenters. The number of hydrogen-bond acceptors (Lipinski definition) is 5. The fourth-order valence-electron chi connectivity index (χ4n) is 5.24. The monoisotopic (exact) mass is 492 g/mol. The van der Waals surface area contributed by atoms with Gasteiger partial charge in [0.05, 0.1) is 25.3 Å². The van der Waals surface area contributed by atoms with Crippen molar-refractivity contribution in [1.29, 1.82) is 5.41 Å². The number of nitrogens with zero attached hydrogens (tertiary/aromatic N) is 1. The molecule has 0 unspecified atom stereocenters. The SMILES string of the molecule is CCOc1cc2c(cc1OCC)C1(CC1)N(CC(=O)c1cc(C(C)(C)C)c(O)c(C(C)(C)C)c1)C2=N. The molecule has 36 heavy (non-hydrogen) atoms. The lowest BCUT2D eigenvalue weighted by atomic mass is 9.78. The number of benzene rings is 2. The molecule has 0 radical (unpaired) electrons. The van der Waals surface area contributed by atoms with Gasteiger partial charge in [0.25, 0.3) is 0 Å². The summed E-state index contributed by atoms with van der Waals surface area (Å²) in [6.45, 7) is 17.3. The maximum absolute atomic E-state index is 13.8. The van der Waals surface area contributed by atoms with Gasteiger partial charge in [0.1, 0.15) is 11.6 Å². The van der Waals surface area contributed by atoms with E-state index >= 15 is 0 Å². The number of phenols is 1. The molecule has 2 aromatic rings. The van der Waals surface area contributed by atoms with E-state index in [9.17, 15) is 9.90 Å². The van der Waals surface area contributed by atoms with E-state index in [1.165, 1.54) is 0 Å². The van der Waals surface area contributed by atoms with E-state index in [0.29, 0.717) is 36.1 Å². The Morgan fingerprint density at radius 2 is 1.44 bits per heavy atom. The number of hydrogen-bond donors (Lipinski definition) is 2. The Morgan fingerprint density at radius 1 is 0.944 bits per heavy atom. The summed E-state index contributed by atoms with van der Waals surface area (Å²) >= 11 is 0. The second-order valence-electron chi connectivity index (χ2n) is 12.0. The third-order valence-corrected chi connectivity index (χ3v) is 7.30. The van der Waals surface area contributed by atoms with Gasteiger partial charge in [-0.25, -0.2) is 0 Å². The van der Waals surface area contributed by atoms with E-state index in [1.807, 2.05) is 84.6 Å². The third kappa shape index (κ3) is 4.35. The Balaban J connectivity index is 1.72. The molecule has 1 aliphatic heterocycles. The Labute approximate surface area is 215 Å². The van der Waals surface area contributed by atoms with Crippen molar-refractivity contribution in [3.63, 3.8) is 0 Å². The Bertz CT molecular complexity index is 1180. The molecule has 194 valence electrons. The largest absolute Gasteiger partial charge is 0.507 e. The number of nitrogens with one attached hydrogen (secondary N) is 1. The summed E-state index contributed by atoms with van der Waals surface area (Å²) in [6, 6.07) is 7.57. The lowest BCUT2D eigenvalue weighted by Crippen LogP contribution is -2.38. The van der Waals surface area contributed by atoms with Crippen LogP contribution in [0, 0.1) is 5.41 Å². The minimum absolute atomic E-state index is 0.0510. The zero-order chi connectivity index (χ0) is 26.6. The fourth-order valence-corrected chi connectivity index (χ4v) is 5.24. The van der Waals surface area contributed by atoms with Crippen LogP contribution in [0.2, 0.25) is 0 Å². The standard InChI is InChI=1S/C30H40N2O4/c1-9-35-24-15-19-20(16-25(24)36-10-2)30(11-12-30)32(27(19)31)17-23(33)18-13-21(28(3,4)5)26(34)22(14-18)29(6,7)8/h13-16,31,34H,9-12,17H2,1-8H3. The van der Waals surface area contributed by atoms with Crippen LogP contribution in [0.3, 0.4) is 0 Å². The number of carbonyl (C=O) groups excluding carboxylic acids is 1. The second-order valence-corrected chi connectivity index (χ2v) is 12.0. The van der Waals surface area contributed by atoms with Gasteiger partial charge < -0.3 is 19.5 Å². The summed E-state index contributed by atoms with van der Waals surface area (Å²) in [4.78, 5) is 15.7. The van der Waals surface area contributed by atoms with Gasteiger partial charge in [0.2, 0.25) is 0 Å². The van der Waals surface area contributed by atoms with Gasteiger partial charge in [-0.2, -0.15) is 0 Å². The van der Waals surface area contributed by atoms with Crippen molar-refractivity contribution in [3.8, 4) is 17.2 Å². The van der Waals surface area contributed by atoms with Crippen LogP contribution in [-0.2, 0) is 16.4 Å². The first-order chi connectivity index (χ1) is 16.7. The number of fused-ring (bicyclic) bond motifs is 2. The number of amidine groups is 1. The summed E-state index contributed by atoms with van der Waals surface area (Å²) in [5, 5.41) is 20.1. The molecule has 1 aliphatic carbocycles. The highest BCUT2D eigenvalue weighted by atomic mass is 16.5. The van der Waals surface area contributed by atoms with Gasteiger partial charge in [0, 0.05) is 22.3 Å². The number of carbonyl (C=O) groups is 1. The molecule has 6 nitrogen and oxygen atoms in total. The van der Waals surface area contributed by atoms with E-state index in [1.54, 1.807) is 0 Å².